The molecule has 0 radical (unpaired) electrons. The second-order valence-corrected chi connectivity index (χ2v) is 6.55. The Labute approximate surface area is 164 Å². The summed E-state index contributed by atoms with van der Waals surface area (Å²) < 4.78 is 44.9. The van der Waals surface area contributed by atoms with Gasteiger partial charge in [-0.3, -0.25) is 9.78 Å². The molecule has 146 valence electrons. The zero-order valence-corrected chi connectivity index (χ0v) is 15.6. The van der Waals surface area contributed by atoms with Crippen LogP contribution in [0.25, 0.3) is 10.9 Å². The van der Waals surface area contributed by atoms with E-state index in [9.17, 15) is 18.0 Å². The van der Waals surface area contributed by atoms with Crippen LogP contribution in [0.4, 0.5) is 13.2 Å². The summed E-state index contributed by atoms with van der Waals surface area (Å²) in [6, 6.07) is 11.9. The van der Waals surface area contributed by atoms with Crippen molar-refractivity contribution in [3.05, 3.63) is 70.9 Å². The maximum atomic E-state index is 13.1. The van der Waals surface area contributed by atoms with Gasteiger partial charge in [0.25, 0.3) is 5.91 Å². The number of alkyl halides is 3. The fourth-order valence-corrected chi connectivity index (χ4v) is 2.97. The third-order valence-corrected chi connectivity index (χ3v) is 4.52. The van der Waals surface area contributed by atoms with Gasteiger partial charge in [-0.05, 0) is 35.9 Å². The minimum atomic E-state index is -4.48. The lowest BCUT2D eigenvalue weighted by molar-refractivity contribution is -0.140. The molecule has 0 spiro atoms. The molecule has 0 aliphatic rings. The van der Waals surface area contributed by atoms with E-state index in [0.717, 1.165) is 6.07 Å². The summed E-state index contributed by atoms with van der Waals surface area (Å²) in [6.07, 6.45) is -2.90. The van der Waals surface area contributed by atoms with E-state index in [-0.39, 0.29) is 18.7 Å². The summed E-state index contributed by atoms with van der Waals surface area (Å²) in [4.78, 5) is 17.8. The molecule has 0 saturated heterocycles. The Bertz CT molecular complexity index is 1010. The van der Waals surface area contributed by atoms with Gasteiger partial charge in [-0.1, -0.05) is 29.8 Å². The molecule has 28 heavy (non-hydrogen) atoms. The highest BCUT2D eigenvalue weighted by Crippen LogP contribution is 2.32. The predicted molar refractivity (Wildman–Crippen MR) is 100 cm³/mol. The number of halogens is 4. The van der Waals surface area contributed by atoms with E-state index in [1.807, 2.05) is 0 Å². The van der Waals surface area contributed by atoms with Crippen molar-refractivity contribution >= 4 is 28.4 Å². The van der Waals surface area contributed by atoms with Crippen molar-refractivity contribution in [1.82, 2.24) is 9.88 Å². The Kier molecular flexibility index (Phi) is 5.74. The number of amides is 1. The topological polar surface area (TPSA) is 42.4 Å². The molecule has 4 nitrogen and oxygen atoms in total. The number of aromatic nitrogens is 1. The molecule has 1 aromatic heterocycles. The van der Waals surface area contributed by atoms with Crippen molar-refractivity contribution in [3.63, 3.8) is 0 Å². The van der Waals surface area contributed by atoms with Crippen LogP contribution >= 0.6 is 11.6 Å². The van der Waals surface area contributed by atoms with E-state index in [0.29, 0.717) is 21.7 Å². The van der Waals surface area contributed by atoms with Gasteiger partial charge >= 0.3 is 6.18 Å². The third-order valence-electron chi connectivity index (χ3n) is 4.19. The largest absolute Gasteiger partial charge is 0.481 e. The van der Waals surface area contributed by atoms with Crippen LogP contribution in [-0.4, -0.2) is 29.4 Å². The predicted octanol–water partition coefficient (Wildman–Crippen LogP) is 4.94. The van der Waals surface area contributed by atoms with Crippen LogP contribution in [0.15, 0.2) is 54.7 Å². The minimum Gasteiger partial charge on any atom is -0.481 e. The lowest BCUT2D eigenvalue weighted by Crippen LogP contribution is -2.31. The molecule has 0 saturated carbocycles. The summed E-state index contributed by atoms with van der Waals surface area (Å²) in [5, 5.41) is 1.18. The maximum Gasteiger partial charge on any atom is 0.416 e. The fourth-order valence-electron chi connectivity index (χ4n) is 2.76. The highest BCUT2D eigenvalue weighted by Gasteiger charge is 2.33. The molecular weight excluding hydrogens is 393 g/mol. The average Bonchev–Trinajstić information content (AvgIpc) is 2.67. The van der Waals surface area contributed by atoms with Gasteiger partial charge in [0.1, 0.15) is 11.3 Å². The number of fused-ring (bicyclic) bond motifs is 1. The highest BCUT2D eigenvalue weighted by atomic mass is 35.5. The van der Waals surface area contributed by atoms with Crippen molar-refractivity contribution in [1.29, 1.82) is 0 Å². The smallest absolute Gasteiger partial charge is 0.416 e. The van der Waals surface area contributed by atoms with E-state index in [1.54, 1.807) is 30.5 Å². The van der Waals surface area contributed by atoms with Crippen molar-refractivity contribution in [2.24, 2.45) is 0 Å². The van der Waals surface area contributed by atoms with Gasteiger partial charge in [-0.15, -0.1) is 0 Å². The molecule has 0 fully saturated rings. The summed E-state index contributed by atoms with van der Waals surface area (Å²) in [7, 11) is 1.43. The molecule has 3 aromatic rings. The quantitative estimate of drug-likeness (QED) is 0.600. The normalized spacial score (nSPS) is 11.5. The van der Waals surface area contributed by atoms with Gasteiger partial charge in [-0.25, -0.2) is 0 Å². The maximum absolute atomic E-state index is 13.1. The molecule has 0 unspecified atom stereocenters. The number of carbonyl (C=O) groups is 1. The first-order valence-electron chi connectivity index (χ1n) is 8.32. The van der Waals surface area contributed by atoms with Crippen LogP contribution in [0.1, 0.15) is 11.1 Å². The summed E-state index contributed by atoms with van der Waals surface area (Å²) in [5.74, 6) is -0.0894. The van der Waals surface area contributed by atoms with Gasteiger partial charge < -0.3 is 9.64 Å². The fraction of sp³-hybridized carbons (Fsp3) is 0.200. The first-order valence-corrected chi connectivity index (χ1v) is 8.70. The molecular formula is C20H16ClF3N2O2. The molecule has 0 aliphatic carbocycles. The van der Waals surface area contributed by atoms with E-state index in [4.69, 9.17) is 16.3 Å². The van der Waals surface area contributed by atoms with Crippen molar-refractivity contribution in [2.75, 3.05) is 13.7 Å². The van der Waals surface area contributed by atoms with Gasteiger partial charge in [0, 0.05) is 25.2 Å². The lowest BCUT2D eigenvalue weighted by Gasteiger charge is -2.20. The van der Waals surface area contributed by atoms with Crippen LogP contribution in [-0.2, 0) is 17.5 Å². The van der Waals surface area contributed by atoms with Gasteiger partial charge in [0.05, 0.1) is 10.6 Å². The first-order chi connectivity index (χ1) is 13.3. The Morgan fingerprint density at radius 1 is 1.14 bits per heavy atom. The Hall–Kier alpha value is -2.80. The molecule has 1 heterocycles. The van der Waals surface area contributed by atoms with Gasteiger partial charge in [0.15, 0.2) is 6.61 Å². The van der Waals surface area contributed by atoms with E-state index in [1.165, 1.54) is 30.1 Å². The second-order valence-electron chi connectivity index (χ2n) is 6.14. The Morgan fingerprint density at radius 2 is 1.89 bits per heavy atom. The molecule has 1 amide bonds. The molecule has 2 aromatic carbocycles. The van der Waals surface area contributed by atoms with Crippen molar-refractivity contribution < 1.29 is 22.7 Å². The number of nitrogens with zero attached hydrogens (tertiary/aromatic N) is 2. The molecule has 8 heteroatoms. The molecule has 0 atom stereocenters. The molecule has 3 rings (SSSR count). The van der Waals surface area contributed by atoms with E-state index >= 15 is 0 Å². The van der Waals surface area contributed by atoms with Crippen molar-refractivity contribution in [2.45, 2.75) is 12.7 Å². The summed E-state index contributed by atoms with van der Waals surface area (Å²) in [6.45, 7) is -0.518. The number of pyridine rings is 1. The number of ether oxygens (including phenoxy) is 1. The Balaban J connectivity index is 1.71. The number of carbonyl (C=O) groups excluding carboxylic acids is 1. The van der Waals surface area contributed by atoms with Crippen LogP contribution in [0, 0.1) is 0 Å². The molecule has 0 bridgehead atoms. The van der Waals surface area contributed by atoms with E-state index < -0.39 is 17.6 Å². The molecule has 0 N–H and O–H groups in total. The van der Waals surface area contributed by atoms with Crippen LogP contribution in [0.5, 0.6) is 5.75 Å². The zero-order chi connectivity index (χ0) is 20.3. The zero-order valence-electron chi connectivity index (χ0n) is 14.8. The third kappa shape index (κ3) is 4.36. The van der Waals surface area contributed by atoms with Gasteiger partial charge in [-0.2, -0.15) is 13.2 Å². The lowest BCUT2D eigenvalue weighted by atomic mass is 10.1. The Morgan fingerprint density at radius 3 is 2.64 bits per heavy atom. The average molecular weight is 409 g/mol. The standard InChI is InChI=1S/C20H16ClF3N2O2/c1-26(11-13-5-2-3-7-15(13)20(22,23)24)18(27)12-28-17-9-8-16(21)14-6-4-10-25-19(14)17/h2-10H,11-12H2,1H3. The number of likely N-dealkylation sites (N-methyl/N-ethyl adjacent to an activating group) is 1. The van der Waals surface area contributed by atoms with Crippen LogP contribution < -0.4 is 4.74 Å². The van der Waals surface area contributed by atoms with E-state index in [2.05, 4.69) is 4.98 Å². The molecule has 0 aliphatic heterocycles. The number of rotatable bonds is 5. The monoisotopic (exact) mass is 408 g/mol. The van der Waals surface area contributed by atoms with Gasteiger partial charge in [0.2, 0.25) is 0 Å². The number of benzene rings is 2. The minimum absolute atomic E-state index is 0.0180. The highest BCUT2D eigenvalue weighted by molar-refractivity contribution is 6.35. The first kappa shape index (κ1) is 19.9. The summed E-state index contributed by atoms with van der Waals surface area (Å²) >= 11 is 6.12. The summed E-state index contributed by atoms with van der Waals surface area (Å²) in [5.41, 5.74) is -0.235. The second kappa shape index (κ2) is 8.06. The SMILES string of the molecule is CN(Cc1ccccc1C(F)(F)F)C(=O)COc1ccc(Cl)c2cccnc12. The van der Waals surface area contributed by atoms with Crippen molar-refractivity contribution in [3.8, 4) is 5.75 Å². The van der Waals surface area contributed by atoms with Crippen LogP contribution in [0.3, 0.4) is 0 Å². The number of hydrogen-bond acceptors (Lipinski definition) is 3. The van der Waals surface area contributed by atoms with Crippen LogP contribution in [0.2, 0.25) is 5.02 Å². The number of hydrogen-bond donors (Lipinski definition) is 0.